The average molecular weight is 753 g/mol. The van der Waals surface area contributed by atoms with Gasteiger partial charge in [0.1, 0.15) is 0 Å². The van der Waals surface area contributed by atoms with Gasteiger partial charge in [-0.25, -0.2) is 0 Å². The van der Waals surface area contributed by atoms with Crippen LogP contribution in [0.15, 0.2) is 35.5 Å². The van der Waals surface area contributed by atoms with E-state index in [1.807, 2.05) is 6.92 Å². The maximum Gasteiger partial charge on any atom is 0.426 e. The molecule has 0 spiro atoms. The predicted octanol–water partition coefficient (Wildman–Crippen LogP) is 12.8. The molecule has 0 bridgehead atoms. The van der Waals surface area contributed by atoms with Gasteiger partial charge in [-0.1, -0.05) is 86.1 Å². The summed E-state index contributed by atoms with van der Waals surface area (Å²) < 4.78 is 93.6. The number of halogens is 6. The van der Waals surface area contributed by atoms with Crippen molar-refractivity contribution in [1.82, 2.24) is 0 Å². The maximum atomic E-state index is 13.3. The molecule has 0 amide bonds. The molecule has 3 unspecified atom stereocenters. The van der Waals surface area contributed by atoms with Crippen LogP contribution in [-0.4, -0.2) is 51.9 Å². The van der Waals surface area contributed by atoms with Gasteiger partial charge in [-0.15, -0.1) is 0 Å². The fraction of sp³-hybridized carbons (Fsp3) is 0.846. The van der Waals surface area contributed by atoms with Gasteiger partial charge in [0.25, 0.3) is 5.60 Å². The molecular formula is C39H66F6O3Si2. The summed E-state index contributed by atoms with van der Waals surface area (Å²) in [4.78, 5) is 0. The maximum absolute atomic E-state index is 13.3. The number of allylic oxidation sites excluding steroid dienone is 3. The van der Waals surface area contributed by atoms with Crippen molar-refractivity contribution >= 4 is 16.6 Å². The standard InChI is InChI=1S/C39H66F6O3Si2/c1-26(16-14-23-37(46,38(40,41)42)39(43,44)45)31-20-21-32-28(17-15-22-36(31,32)9)18-19-29-24-30(47-49(10,11)34(3,4)5)25-33(27(29)2)48-50(12,13)35(6,7)8/h18-19,26,30-33,46H,2,14-17,20-25H2,1,3-13H3/t26-,30?,31-,32?,33?,36-/m1/s1. The van der Waals surface area contributed by atoms with E-state index in [9.17, 15) is 31.4 Å². The minimum atomic E-state index is -5.77. The van der Waals surface area contributed by atoms with E-state index in [0.717, 1.165) is 56.1 Å². The summed E-state index contributed by atoms with van der Waals surface area (Å²) >= 11 is 0. The van der Waals surface area contributed by atoms with Crippen molar-refractivity contribution in [3.05, 3.63) is 35.5 Å². The van der Waals surface area contributed by atoms with Gasteiger partial charge in [0, 0.05) is 6.42 Å². The van der Waals surface area contributed by atoms with Gasteiger partial charge < -0.3 is 14.0 Å². The van der Waals surface area contributed by atoms with Crippen LogP contribution in [0.3, 0.4) is 0 Å². The molecule has 11 heteroatoms. The molecule has 0 saturated heterocycles. The number of fused-ring (bicyclic) bond motifs is 1. The Hall–Kier alpha value is -0.886. The Morgan fingerprint density at radius 1 is 0.900 bits per heavy atom. The Bertz CT molecular complexity index is 1260. The second-order valence-electron chi connectivity index (χ2n) is 19.1. The minimum Gasteiger partial charge on any atom is -0.413 e. The van der Waals surface area contributed by atoms with Gasteiger partial charge >= 0.3 is 12.4 Å². The quantitative estimate of drug-likeness (QED) is 0.178. The summed E-state index contributed by atoms with van der Waals surface area (Å²) in [6, 6.07) is 0. The Balaban J connectivity index is 1.84. The van der Waals surface area contributed by atoms with Crippen molar-refractivity contribution in [3.63, 3.8) is 0 Å². The van der Waals surface area contributed by atoms with E-state index in [1.165, 1.54) is 5.57 Å². The molecule has 0 aromatic carbocycles. The van der Waals surface area contributed by atoms with Crippen LogP contribution in [0.1, 0.15) is 120 Å². The van der Waals surface area contributed by atoms with E-state index in [1.54, 1.807) is 0 Å². The van der Waals surface area contributed by atoms with Crippen LogP contribution < -0.4 is 0 Å². The largest absolute Gasteiger partial charge is 0.426 e. The number of hydrogen-bond donors (Lipinski definition) is 1. The van der Waals surface area contributed by atoms with Crippen molar-refractivity contribution in [2.24, 2.45) is 23.2 Å². The zero-order valence-electron chi connectivity index (χ0n) is 32.9. The summed E-state index contributed by atoms with van der Waals surface area (Å²) in [6.45, 7) is 31.4. The molecule has 3 nitrogen and oxygen atoms in total. The van der Waals surface area contributed by atoms with Crippen LogP contribution >= 0.6 is 0 Å². The summed E-state index contributed by atoms with van der Waals surface area (Å²) in [7, 11) is -4.15. The topological polar surface area (TPSA) is 38.7 Å². The number of aliphatic hydroxyl groups is 1. The summed E-state index contributed by atoms with van der Waals surface area (Å²) in [6.07, 6.45) is -2.30. The molecule has 6 atom stereocenters. The molecule has 3 aliphatic rings. The third kappa shape index (κ3) is 9.07. The highest BCUT2D eigenvalue weighted by molar-refractivity contribution is 6.74. The van der Waals surface area contributed by atoms with Crippen molar-refractivity contribution in [3.8, 4) is 0 Å². The summed E-state index contributed by atoms with van der Waals surface area (Å²) in [5.74, 6) is 0.425. The smallest absolute Gasteiger partial charge is 0.413 e. The molecular weight excluding hydrogens is 687 g/mol. The molecule has 3 fully saturated rings. The second-order valence-corrected chi connectivity index (χ2v) is 28.6. The van der Waals surface area contributed by atoms with Crippen LogP contribution in [0, 0.1) is 23.2 Å². The van der Waals surface area contributed by atoms with Gasteiger partial charge in [-0.3, -0.25) is 0 Å². The average Bonchev–Trinajstić information content (AvgIpc) is 3.28. The van der Waals surface area contributed by atoms with Crippen LogP contribution in [0.25, 0.3) is 0 Å². The monoisotopic (exact) mass is 752 g/mol. The third-order valence-electron chi connectivity index (χ3n) is 13.6. The van der Waals surface area contributed by atoms with Crippen molar-refractivity contribution in [1.29, 1.82) is 0 Å². The second kappa shape index (κ2) is 14.7. The highest BCUT2D eigenvalue weighted by Gasteiger charge is 2.69. The number of hydrogen-bond acceptors (Lipinski definition) is 3. The minimum absolute atomic E-state index is 0.0292. The first kappa shape index (κ1) is 43.5. The lowest BCUT2D eigenvalue weighted by atomic mass is 9.60. The molecule has 50 heavy (non-hydrogen) atoms. The Morgan fingerprint density at radius 3 is 1.96 bits per heavy atom. The molecule has 0 heterocycles. The fourth-order valence-electron chi connectivity index (χ4n) is 8.30. The van der Waals surface area contributed by atoms with Crippen LogP contribution in [0.5, 0.6) is 0 Å². The summed E-state index contributed by atoms with van der Waals surface area (Å²) in [5, 5.41) is 9.78. The molecule has 0 radical (unpaired) electrons. The van der Waals surface area contributed by atoms with E-state index >= 15 is 0 Å². The Labute approximate surface area is 301 Å². The zero-order valence-corrected chi connectivity index (χ0v) is 34.9. The molecule has 3 rings (SSSR count). The molecule has 0 aromatic rings. The van der Waals surface area contributed by atoms with E-state index < -0.39 is 41.0 Å². The lowest BCUT2D eigenvalue weighted by Crippen LogP contribution is -2.56. The van der Waals surface area contributed by atoms with Crippen molar-refractivity contribution < 1.29 is 40.3 Å². The van der Waals surface area contributed by atoms with Gasteiger partial charge in [0.2, 0.25) is 0 Å². The molecule has 0 aromatic heterocycles. The van der Waals surface area contributed by atoms with E-state index in [-0.39, 0.29) is 52.4 Å². The first-order valence-corrected chi connectivity index (χ1v) is 24.5. The highest BCUT2D eigenvalue weighted by atomic mass is 28.4. The van der Waals surface area contributed by atoms with Crippen molar-refractivity contribution in [2.45, 2.75) is 186 Å². The van der Waals surface area contributed by atoms with E-state index in [2.05, 4.69) is 93.4 Å². The van der Waals surface area contributed by atoms with Gasteiger partial charge in [-0.2, -0.15) is 26.3 Å². The van der Waals surface area contributed by atoms with Gasteiger partial charge in [0.15, 0.2) is 16.6 Å². The lowest BCUT2D eigenvalue weighted by Gasteiger charge is -2.46. The first-order valence-electron chi connectivity index (χ1n) is 18.7. The Kier molecular flexibility index (Phi) is 12.8. The lowest BCUT2D eigenvalue weighted by molar-refractivity contribution is -0.370. The van der Waals surface area contributed by atoms with Crippen LogP contribution in [0.4, 0.5) is 26.3 Å². The zero-order chi connectivity index (χ0) is 38.5. The van der Waals surface area contributed by atoms with E-state index in [4.69, 9.17) is 8.85 Å². The molecule has 1 N–H and O–H groups in total. The van der Waals surface area contributed by atoms with Gasteiger partial charge in [0.05, 0.1) is 12.2 Å². The van der Waals surface area contributed by atoms with Crippen LogP contribution in [-0.2, 0) is 8.85 Å². The summed E-state index contributed by atoms with van der Waals surface area (Å²) in [5.41, 5.74) is -1.21. The van der Waals surface area contributed by atoms with Gasteiger partial charge in [-0.05, 0) is 122 Å². The van der Waals surface area contributed by atoms with E-state index in [0.29, 0.717) is 5.92 Å². The SMILES string of the molecule is C=C1C(=CC=C2CCC[C@@]3(C)C2CC[C@@H]3[C@H](C)CCCC(O)(C(F)(F)F)C(F)(F)F)CC(O[Si](C)(C)C(C)(C)C)CC1O[Si](C)(C)C(C)(C)C. The van der Waals surface area contributed by atoms with Crippen LogP contribution in [0.2, 0.25) is 36.3 Å². The Morgan fingerprint density at radius 2 is 1.44 bits per heavy atom. The molecule has 3 aliphatic carbocycles. The molecule has 290 valence electrons. The highest BCUT2D eigenvalue weighted by Crippen LogP contribution is 2.60. The first-order chi connectivity index (χ1) is 22.4. The predicted molar refractivity (Wildman–Crippen MR) is 197 cm³/mol. The van der Waals surface area contributed by atoms with Crippen molar-refractivity contribution in [2.75, 3.05) is 0 Å². The number of alkyl halides is 6. The molecule has 0 aliphatic heterocycles. The molecule has 3 saturated carbocycles. The normalized spacial score (nSPS) is 30.3. The number of rotatable bonds is 10. The third-order valence-corrected chi connectivity index (χ3v) is 22.6. The fourth-order valence-corrected chi connectivity index (χ4v) is 11.0.